The van der Waals surface area contributed by atoms with Crippen molar-refractivity contribution in [1.82, 2.24) is 0 Å². The molecule has 0 fully saturated rings. The molecule has 3 rings (SSSR count). The Morgan fingerprint density at radius 1 is 1.44 bits per heavy atom. The van der Waals surface area contributed by atoms with E-state index < -0.39 is 0 Å². The normalized spacial score (nSPS) is 16.3. The molecule has 1 amide bonds. The smallest absolute Gasteiger partial charge is 0.249 e. The van der Waals surface area contributed by atoms with E-state index in [0.717, 1.165) is 30.4 Å². The van der Waals surface area contributed by atoms with Crippen LogP contribution in [0.15, 0.2) is 30.3 Å². The number of nitrogens with one attached hydrogen (secondary N) is 1. The topological polar surface area (TPSA) is 62.1 Å². The van der Waals surface area contributed by atoms with Gasteiger partial charge in [-0.25, -0.2) is 0 Å². The van der Waals surface area contributed by atoms with Crippen LogP contribution < -0.4 is 10.1 Å². The zero-order valence-corrected chi connectivity index (χ0v) is 15.2. The van der Waals surface area contributed by atoms with Crippen LogP contribution in [0.1, 0.15) is 34.9 Å². The van der Waals surface area contributed by atoms with Crippen LogP contribution in [0, 0.1) is 17.2 Å². The molecule has 0 aliphatic heterocycles. The van der Waals surface area contributed by atoms with Crippen molar-refractivity contribution in [3.63, 3.8) is 0 Å². The summed E-state index contributed by atoms with van der Waals surface area (Å²) in [6.45, 7) is 2.23. The van der Waals surface area contributed by atoms with E-state index in [2.05, 4.69) is 18.3 Å². The number of ether oxygens (including phenoxy) is 1. The lowest BCUT2D eigenvalue weighted by atomic mass is 9.89. The van der Waals surface area contributed by atoms with Crippen molar-refractivity contribution in [2.24, 2.45) is 5.92 Å². The lowest BCUT2D eigenvalue weighted by Crippen LogP contribution is -2.10. The molecule has 1 heterocycles. The molecule has 128 valence electrons. The largest absolute Gasteiger partial charge is 0.496 e. The van der Waals surface area contributed by atoms with Gasteiger partial charge in [-0.2, -0.15) is 5.26 Å². The number of thiophene rings is 1. The maximum absolute atomic E-state index is 12.3. The van der Waals surface area contributed by atoms with E-state index in [9.17, 15) is 10.1 Å². The Hall–Kier alpha value is -2.58. The first-order chi connectivity index (χ1) is 12.1. The van der Waals surface area contributed by atoms with Gasteiger partial charge in [0.25, 0.3) is 0 Å². The van der Waals surface area contributed by atoms with Crippen molar-refractivity contribution in [3.8, 4) is 11.8 Å². The molecule has 1 aromatic heterocycles. The van der Waals surface area contributed by atoms with E-state index in [0.29, 0.717) is 22.2 Å². The highest BCUT2D eigenvalue weighted by Crippen LogP contribution is 2.39. The summed E-state index contributed by atoms with van der Waals surface area (Å²) in [5, 5.41) is 13.0. The van der Waals surface area contributed by atoms with Gasteiger partial charge < -0.3 is 10.1 Å². The quantitative estimate of drug-likeness (QED) is 0.829. The van der Waals surface area contributed by atoms with Crippen LogP contribution in [0.25, 0.3) is 6.08 Å². The van der Waals surface area contributed by atoms with E-state index >= 15 is 0 Å². The number of hydrogen-bond acceptors (Lipinski definition) is 4. The average Bonchev–Trinajstić information content (AvgIpc) is 2.95. The third-order valence-corrected chi connectivity index (χ3v) is 5.58. The molecule has 1 aliphatic carbocycles. The Morgan fingerprint density at radius 3 is 3.00 bits per heavy atom. The molecular weight excluding hydrogens is 332 g/mol. The predicted molar refractivity (Wildman–Crippen MR) is 101 cm³/mol. The zero-order valence-electron chi connectivity index (χ0n) is 14.3. The monoisotopic (exact) mass is 352 g/mol. The molecule has 25 heavy (non-hydrogen) atoms. The van der Waals surface area contributed by atoms with Crippen LogP contribution in [0.2, 0.25) is 0 Å². The molecule has 0 radical (unpaired) electrons. The summed E-state index contributed by atoms with van der Waals surface area (Å²) in [5.74, 6) is 1.10. The standard InChI is InChI=1S/C20H20N2O2S/c1-13-7-9-15-16(12-21)20(25-18(15)11-13)22-19(23)10-8-14-5-3-4-6-17(14)24-2/h3-6,8,10,13H,7,9,11H2,1-2H3,(H,22,23)/b10-8+. The number of rotatable bonds is 4. The highest BCUT2D eigenvalue weighted by molar-refractivity contribution is 7.16. The number of hydrogen-bond donors (Lipinski definition) is 1. The number of amides is 1. The molecule has 0 spiro atoms. The Morgan fingerprint density at radius 2 is 2.24 bits per heavy atom. The molecule has 1 aliphatic rings. The van der Waals surface area contributed by atoms with E-state index in [1.54, 1.807) is 13.2 Å². The third-order valence-electron chi connectivity index (χ3n) is 4.41. The van der Waals surface area contributed by atoms with Crippen LogP contribution in [-0.2, 0) is 17.6 Å². The number of fused-ring (bicyclic) bond motifs is 1. The van der Waals surface area contributed by atoms with E-state index in [4.69, 9.17) is 4.74 Å². The summed E-state index contributed by atoms with van der Waals surface area (Å²) in [6.07, 6.45) is 6.19. The summed E-state index contributed by atoms with van der Waals surface area (Å²) >= 11 is 1.53. The third kappa shape index (κ3) is 3.75. The number of anilines is 1. The van der Waals surface area contributed by atoms with Gasteiger partial charge in [0, 0.05) is 16.5 Å². The Kier molecular flexibility index (Phi) is 5.20. The Balaban J connectivity index is 1.78. The van der Waals surface area contributed by atoms with E-state index in [1.807, 2.05) is 24.3 Å². The first-order valence-corrected chi connectivity index (χ1v) is 9.10. The fraction of sp³-hybridized carbons (Fsp3) is 0.300. The molecule has 5 heteroatoms. The molecular formula is C20H20N2O2S. The molecule has 1 N–H and O–H groups in total. The minimum Gasteiger partial charge on any atom is -0.496 e. The first-order valence-electron chi connectivity index (χ1n) is 8.29. The fourth-order valence-electron chi connectivity index (χ4n) is 3.08. The van der Waals surface area contributed by atoms with Crippen LogP contribution >= 0.6 is 11.3 Å². The van der Waals surface area contributed by atoms with Crippen LogP contribution in [0.4, 0.5) is 5.00 Å². The van der Waals surface area contributed by atoms with Gasteiger partial charge in [0.2, 0.25) is 5.91 Å². The van der Waals surface area contributed by atoms with Gasteiger partial charge in [-0.1, -0.05) is 25.1 Å². The maximum atomic E-state index is 12.3. The van der Waals surface area contributed by atoms with Gasteiger partial charge in [-0.15, -0.1) is 11.3 Å². The van der Waals surface area contributed by atoms with Gasteiger partial charge in [0.05, 0.1) is 12.7 Å². The predicted octanol–water partition coefficient (Wildman–Crippen LogP) is 4.41. The van der Waals surface area contributed by atoms with Crippen molar-refractivity contribution in [3.05, 3.63) is 51.9 Å². The summed E-state index contributed by atoms with van der Waals surface area (Å²) in [4.78, 5) is 13.5. The lowest BCUT2D eigenvalue weighted by Gasteiger charge is -2.17. The van der Waals surface area contributed by atoms with Crippen molar-refractivity contribution in [2.75, 3.05) is 12.4 Å². The van der Waals surface area contributed by atoms with E-state index in [-0.39, 0.29) is 5.91 Å². The molecule has 1 aromatic carbocycles. The van der Waals surface area contributed by atoms with Crippen molar-refractivity contribution in [1.29, 1.82) is 5.26 Å². The molecule has 0 bridgehead atoms. The first kappa shape index (κ1) is 17.2. The molecule has 0 saturated carbocycles. The summed E-state index contributed by atoms with van der Waals surface area (Å²) in [7, 11) is 1.60. The van der Waals surface area contributed by atoms with Gasteiger partial charge in [0.15, 0.2) is 0 Å². The van der Waals surface area contributed by atoms with E-state index in [1.165, 1.54) is 22.3 Å². The second-order valence-corrected chi connectivity index (χ2v) is 7.34. The van der Waals surface area contributed by atoms with Gasteiger partial charge in [-0.05, 0) is 42.9 Å². The molecule has 4 nitrogen and oxygen atoms in total. The van der Waals surface area contributed by atoms with Gasteiger partial charge in [-0.3, -0.25) is 4.79 Å². The summed E-state index contributed by atoms with van der Waals surface area (Å²) in [5.41, 5.74) is 2.58. The number of carbonyl (C=O) groups excluding carboxylic acids is 1. The second-order valence-electron chi connectivity index (χ2n) is 6.23. The number of nitrogens with zero attached hydrogens (tertiary/aromatic N) is 1. The molecule has 1 unspecified atom stereocenters. The second kappa shape index (κ2) is 7.54. The number of benzene rings is 1. The number of nitriles is 1. The van der Waals surface area contributed by atoms with Crippen molar-refractivity contribution >= 4 is 28.3 Å². The number of carbonyl (C=O) groups is 1. The average molecular weight is 352 g/mol. The van der Waals surface area contributed by atoms with Crippen molar-refractivity contribution < 1.29 is 9.53 Å². The maximum Gasteiger partial charge on any atom is 0.249 e. The fourth-order valence-corrected chi connectivity index (χ4v) is 4.44. The van der Waals surface area contributed by atoms with Gasteiger partial charge >= 0.3 is 0 Å². The number of methoxy groups -OCH3 is 1. The Labute approximate surface area is 151 Å². The zero-order chi connectivity index (χ0) is 17.8. The Bertz CT molecular complexity index is 861. The summed E-state index contributed by atoms with van der Waals surface area (Å²) in [6, 6.07) is 9.77. The molecule has 2 aromatic rings. The van der Waals surface area contributed by atoms with Crippen LogP contribution in [-0.4, -0.2) is 13.0 Å². The summed E-state index contributed by atoms with van der Waals surface area (Å²) < 4.78 is 5.27. The molecule has 1 atom stereocenters. The van der Waals surface area contributed by atoms with Crippen LogP contribution in [0.5, 0.6) is 5.75 Å². The highest BCUT2D eigenvalue weighted by atomic mass is 32.1. The SMILES string of the molecule is COc1ccccc1/C=C/C(=O)Nc1sc2c(c1C#N)CCC(C)C2. The van der Waals surface area contributed by atoms with Crippen LogP contribution in [0.3, 0.4) is 0 Å². The lowest BCUT2D eigenvalue weighted by molar-refractivity contribution is -0.111. The number of para-hydroxylation sites is 1. The molecule has 0 saturated heterocycles. The van der Waals surface area contributed by atoms with Crippen molar-refractivity contribution in [2.45, 2.75) is 26.2 Å². The minimum absolute atomic E-state index is 0.242. The highest BCUT2D eigenvalue weighted by Gasteiger charge is 2.24. The minimum atomic E-state index is -0.242. The van der Waals surface area contributed by atoms with Gasteiger partial charge in [0.1, 0.15) is 16.8 Å².